The van der Waals surface area contributed by atoms with Gasteiger partial charge in [0.15, 0.2) is 0 Å². The molecule has 23 heavy (non-hydrogen) atoms. The summed E-state index contributed by atoms with van der Waals surface area (Å²) in [5.74, 6) is -0.197. The molecule has 1 aromatic carbocycles. The molecule has 0 aliphatic carbocycles. The summed E-state index contributed by atoms with van der Waals surface area (Å²) in [6.07, 6.45) is 1.31. The first-order valence-corrected chi connectivity index (χ1v) is 8.01. The van der Waals surface area contributed by atoms with Crippen LogP contribution in [-0.2, 0) is 14.4 Å². The van der Waals surface area contributed by atoms with E-state index >= 15 is 0 Å². The molecular formula is C17H21N3O3. The normalized spacial score (nSPS) is 20.1. The van der Waals surface area contributed by atoms with Crippen molar-refractivity contribution in [1.29, 1.82) is 0 Å². The van der Waals surface area contributed by atoms with Gasteiger partial charge in [-0.05, 0) is 25.5 Å². The van der Waals surface area contributed by atoms with Gasteiger partial charge < -0.3 is 14.7 Å². The summed E-state index contributed by atoms with van der Waals surface area (Å²) in [6, 6.07) is 8.98. The maximum atomic E-state index is 12.6. The Morgan fingerprint density at radius 3 is 2.39 bits per heavy atom. The minimum absolute atomic E-state index is 0.0279. The summed E-state index contributed by atoms with van der Waals surface area (Å²) in [6.45, 7) is 3.42. The van der Waals surface area contributed by atoms with Crippen LogP contribution < -0.4 is 4.90 Å². The van der Waals surface area contributed by atoms with Gasteiger partial charge in [-0.25, -0.2) is 0 Å². The van der Waals surface area contributed by atoms with Crippen molar-refractivity contribution in [2.45, 2.75) is 25.8 Å². The third-order valence-corrected chi connectivity index (χ3v) is 4.54. The van der Waals surface area contributed by atoms with Gasteiger partial charge in [0, 0.05) is 31.7 Å². The van der Waals surface area contributed by atoms with E-state index in [9.17, 15) is 14.4 Å². The van der Waals surface area contributed by atoms with Crippen molar-refractivity contribution in [1.82, 2.24) is 9.80 Å². The highest BCUT2D eigenvalue weighted by molar-refractivity contribution is 5.99. The first-order chi connectivity index (χ1) is 11.1. The molecule has 1 aromatic rings. The topological polar surface area (TPSA) is 60.9 Å². The van der Waals surface area contributed by atoms with Gasteiger partial charge in [0.1, 0.15) is 12.6 Å². The molecule has 3 amide bonds. The van der Waals surface area contributed by atoms with Crippen LogP contribution in [0.3, 0.4) is 0 Å². The van der Waals surface area contributed by atoms with E-state index < -0.39 is 6.04 Å². The lowest BCUT2D eigenvalue weighted by atomic mass is 10.2. The molecule has 6 nitrogen and oxygen atoms in total. The van der Waals surface area contributed by atoms with E-state index in [1.807, 2.05) is 30.3 Å². The van der Waals surface area contributed by atoms with E-state index in [0.717, 1.165) is 12.1 Å². The molecule has 2 aliphatic heterocycles. The lowest BCUT2D eigenvalue weighted by molar-refractivity contribution is -0.145. The SMILES string of the molecule is CC(C(=O)N1CCN(c2ccccc2)C(=O)C1)N1CCCC1=O. The molecule has 122 valence electrons. The first-order valence-electron chi connectivity index (χ1n) is 8.01. The highest BCUT2D eigenvalue weighted by Gasteiger charge is 2.35. The van der Waals surface area contributed by atoms with Crippen LogP contribution in [0.2, 0.25) is 0 Å². The summed E-state index contributed by atoms with van der Waals surface area (Å²) < 4.78 is 0. The maximum Gasteiger partial charge on any atom is 0.246 e. The van der Waals surface area contributed by atoms with Crippen molar-refractivity contribution in [3.8, 4) is 0 Å². The van der Waals surface area contributed by atoms with Gasteiger partial charge in [-0.3, -0.25) is 14.4 Å². The van der Waals surface area contributed by atoms with Crippen LogP contribution in [0, 0.1) is 0 Å². The predicted octanol–water partition coefficient (Wildman–Crippen LogP) is 0.873. The number of rotatable bonds is 3. The van der Waals surface area contributed by atoms with Crippen molar-refractivity contribution < 1.29 is 14.4 Å². The average Bonchev–Trinajstić information content (AvgIpc) is 3.00. The summed E-state index contributed by atoms with van der Waals surface area (Å²) >= 11 is 0. The van der Waals surface area contributed by atoms with Gasteiger partial charge in [0.25, 0.3) is 0 Å². The number of carbonyl (C=O) groups is 3. The van der Waals surface area contributed by atoms with Crippen molar-refractivity contribution in [3.05, 3.63) is 30.3 Å². The Labute approximate surface area is 135 Å². The molecule has 0 bridgehead atoms. The number of nitrogens with zero attached hydrogens (tertiary/aromatic N) is 3. The Morgan fingerprint density at radius 1 is 1.04 bits per heavy atom. The van der Waals surface area contributed by atoms with Crippen molar-refractivity contribution in [2.75, 3.05) is 31.1 Å². The maximum absolute atomic E-state index is 12.6. The Kier molecular flexibility index (Phi) is 4.32. The van der Waals surface area contributed by atoms with E-state index in [-0.39, 0.29) is 24.3 Å². The van der Waals surface area contributed by atoms with Gasteiger partial charge in [-0.2, -0.15) is 0 Å². The summed E-state index contributed by atoms with van der Waals surface area (Å²) in [5, 5.41) is 0. The highest BCUT2D eigenvalue weighted by atomic mass is 16.2. The molecule has 2 saturated heterocycles. The van der Waals surface area contributed by atoms with Crippen molar-refractivity contribution in [2.24, 2.45) is 0 Å². The average molecular weight is 315 g/mol. The van der Waals surface area contributed by atoms with Crippen LogP contribution in [-0.4, -0.2) is 59.7 Å². The number of para-hydroxylation sites is 1. The van der Waals surface area contributed by atoms with E-state index in [1.54, 1.807) is 21.6 Å². The van der Waals surface area contributed by atoms with Crippen LogP contribution in [0.25, 0.3) is 0 Å². The standard InChI is InChI=1S/C17H21N3O3/c1-13(19-9-5-8-15(19)21)17(23)18-10-11-20(16(22)12-18)14-6-3-2-4-7-14/h2-4,6-7,13H,5,8-12H2,1H3. The summed E-state index contributed by atoms with van der Waals surface area (Å²) in [7, 11) is 0. The zero-order valence-corrected chi connectivity index (χ0v) is 13.3. The molecule has 0 saturated carbocycles. The Bertz CT molecular complexity index is 617. The quantitative estimate of drug-likeness (QED) is 0.832. The monoisotopic (exact) mass is 315 g/mol. The fourth-order valence-electron chi connectivity index (χ4n) is 3.22. The fourth-order valence-corrected chi connectivity index (χ4v) is 3.22. The largest absolute Gasteiger partial charge is 0.331 e. The van der Waals surface area contributed by atoms with E-state index in [2.05, 4.69) is 0 Å². The van der Waals surface area contributed by atoms with Gasteiger partial charge in [-0.1, -0.05) is 18.2 Å². The number of carbonyl (C=O) groups excluding carboxylic acids is 3. The fraction of sp³-hybridized carbons (Fsp3) is 0.471. The number of hydrogen-bond acceptors (Lipinski definition) is 3. The number of benzene rings is 1. The zero-order chi connectivity index (χ0) is 16.4. The second kappa shape index (κ2) is 6.40. The molecular weight excluding hydrogens is 294 g/mol. The molecule has 0 N–H and O–H groups in total. The summed E-state index contributed by atoms with van der Waals surface area (Å²) in [5.41, 5.74) is 0.854. The molecule has 1 unspecified atom stereocenters. The third kappa shape index (κ3) is 3.06. The van der Waals surface area contributed by atoms with Crippen molar-refractivity contribution in [3.63, 3.8) is 0 Å². The molecule has 2 fully saturated rings. The third-order valence-electron chi connectivity index (χ3n) is 4.54. The lowest BCUT2D eigenvalue weighted by Gasteiger charge is -2.37. The molecule has 0 aromatic heterocycles. The van der Waals surface area contributed by atoms with Gasteiger partial charge in [-0.15, -0.1) is 0 Å². The Balaban J connectivity index is 1.64. The summed E-state index contributed by atoms with van der Waals surface area (Å²) in [4.78, 5) is 41.6. The van der Waals surface area contributed by atoms with Gasteiger partial charge >= 0.3 is 0 Å². The van der Waals surface area contributed by atoms with E-state index in [1.165, 1.54) is 0 Å². The predicted molar refractivity (Wildman–Crippen MR) is 85.8 cm³/mol. The molecule has 0 radical (unpaired) electrons. The van der Waals surface area contributed by atoms with Crippen LogP contribution in [0.4, 0.5) is 5.69 Å². The van der Waals surface area contributed by atoms with Crippen molar-refractivity contribution >= 4 is 23.4 Å². The molecule has 2 aliphatic rings. The number of anilines is 1. The second-order valence-corrected chi connectivity index (χ2v) is 6.01. The molecule has 2 heterocycles. The lowest BCUT2D eigenvalue weighted by Crippen LogP contribution is -2.56. The van der Waals surface area contributed by atoms with Gasteiger partial charge in [0.2, 0.25) is 17.7 Å². The smallest absolute Gasteiger partial charge is 0.246 e. The molecule has 0 spiro atoms. The van der Waals surface area contributed by atoms with Crippen LogP contribution >= 0.6 is 0 Å². The van der Waals surface area contributed by atoms with Crippen LogP contribution in [0.5, 0.6) is 0 Å². The van der Waals surface area contributed by atoms with Crippen LogP contribution in [0.15, 0.2) is 30.3 Å². The van der Waals surface area contributed by atoms with E-state index in [4.69, 9.17) is 0 Å². The zero-order valence-electron chi connectivity index (χ0n) is 13.3. The van der Waals surface area contributed by atoms with Gasteiger partial charge in [0.05, 0.1) is 0 Å². The molecule has 6 heteroatoms. The first kappa shape index (κ1) is 15.5. The van der Waals surface area contributed by atoms with Crippen LogP contribution in [0.1, 0.15) is 19.8 Å². The minimum atomic E-state index is -0.485. The minimum Gasteiger partial charge on any atom is -0.331 e. The number of piperazine rings is 1. The Morgan fingerprint density at radius 2 is 1.78 bits per heavy atom. The number of likely N-dealkylation sites (tertiary alicyclic amines) is 1. The molecule has 3 rings (SSSR count). The highest BCUT2D eigenvalue weighted by Crippen LogP contribution is 2.19. The number of hydrogen-bond donors (Lipinski definition) is 0. The second-order valence-electron chi connectivity index (χ2n) is 6.01. The van der Waals surface area contributed by atoms with E-state index in [0.29, 0.717) is 26.1 Å². The number of amides is 3. The Hall–Kier alpha value is -2.37. The molecule has 1 atom stereocenters.